The molecule has 1 amide bonds. The summed E-state index contributed by atoms with van der Waals surface area (Å²) in [6.07, 6.45) is -0.494. The van der Waals surface area contributed by atoms with Crippen molar-refractivity contribution >= 4 is 23.2 Å². The van der Waals surface area contributed by atoms with Crippen LogP contribution in [0.15, 0.2) is 18.2 Å². The van der Waals surface area contributed by atoms with Crippen LogP contribution in [-0.2, 0) is 9.53 Å². The Labute approximate surface area is 110 Å². The number of nitrogen functional groups attached to an aromatic ring is 1. The van der Waals surface area contributed by atoms with E-state index in [2.05, 4.69) is 0 Å². The maximum atomic E-state index is 11.3. The van der Waals surface area contributed by atoms with E-state index in [0.717, 1.165) is 0 Å². The van der Waals surface area contributed by atoms with Crippen molar-refractivity contribution in [1.82, 2.24) is 4.90 Å². The summed E-state index contributed by atoms with van der Waals surface area (Å²) in [5.74, 6) is 0.519. The van der Waals surface area contributed by atoms with E-state index in [1.807, 2.05) is 0 Å². The van der Waals surface area contributed by atoms with Gasteiger partial charge in [-0.1, -0.05) is 11.6 Å². The topological polar surface area (TPSA) is 64.8 Å². The average molecular weight is 271 g/mol. The summed E-state index contributed by atoms with van der Waals surface area (Å²) in [7, 11) is 0. The van der Waals surface area contributed by atoms with Crippen LogP contribution in [0.2, 0.25) is 5.02 Å². The summed E-state index contributed by atoms with van der Waals surface area (Å²) >= 11 is 5.80. The van der Waals surface area contributed by atoms with Crippen LogP contribution in [0.1, 0.15) is 6.92 Å². The lowest BCUT2D eigenvalue weighted by molar-refractivity contribution is -0.154. The van der Waals surface area contributed by atoms with E-state index in [9.17, 15) is 4.79 Å². The Morgan fingerprint density at radius 3 is 3.06 bits per heavy atom. The SMILES string of the molecule is CC(=O)N1CCOC(Oc2ccc(Cl)cc2N)C1. The highest BCUT2D eigenvalue weighted by Crippen LogP contribution is 2.26. The molecule has 1 fully saturated rings. The molecular weight excluding hydrogens is 256 g/mol. The van der Waals surface area contributed by atoms with Crippen molar-refractivity contribution < 1.29 is 14.3 Å². The minimum atomic E-state index is -0.494. The van der Waals surface area contributed by atoms with Gasteiger partial charge < -0.3 is 20.1 Å². The summed E-state index contributed by atoms with van der Waals surface area (Å²) in [5.41, 5.74) is 6.24. The van der Waals surface area contributed by atoms with E-state index in [0.29, 0.717) is 36.2 Å². The number of amides is 1. The second kappa shape index (κ2) is 5.46. The van der Waals surface area contributed by atoms with Crippen LogP contribution in [0.25, 0.3) is 0 Å². The predicted molar refractivity (Wildman–Crippen MR) is 68.5 cm³/mol. The van der Waals surface area contributed by atoms with Gasteiger partial charge in [0.25, 0.3) is 0 Å². The average Bonchev–Trinajstić information content (AvgIpc) is 2.33. The number of rotatable bonds is 2. The summed E-state index contributed by atoms with van der Waals surface area (Å²) in [5, 5.41) is 0.551. The van der Waals surface area contributed by atoms with Gasteiger partial charge in [0.05, 0.1) is 18.8 Å². The molecule has 1 aliphatic heterocycles. The molecule has 1 aliphatic rings. The molecule has 0 aliphatic carbocycles. The van der Waals surface area contributed by atoms with Gasteiger partial charge in [0, 0.05) is 18.5 Å². The highest BCUT2D eigenvalue weighted by atomic mass is 35.5. The Hall–Kier alpha value is -1.46. The first-order valence-corrected chi connectivity index (χ1v) is 6.03. The molecule has 1 atom stereocenters. The van der Waals surface area contributed by atoms with Crippen molar-refractivity contribution in [3.05, 3.63) is 23.2 Å². The van der Waals surface area contributed by atoms with Gasteiger partial charge in [0.2, 0.25) is 12.2 Å². The molecule has 6 heteroatoms. The molecule has 1 heterocycles. The summed E-state index contributed by atoms with van der Waals surface area (Å²) in [4.78, 5) is 13.0. The number of hydrogen-bond acceptors (Lipinski definition) is 4. The highest BCUT2D eigenvalue weighted by molar-refractivity contribution is 6.30. The fraction of sp³-hybridized carbons (Fsp3) is 0.417. The minimum Gasteiger partial charge on any atom is -0.461 e. The Kier molecular flexibility index (Phi) is 3.93. The molecular formula is C12H15ClN2O3. The number of carbonyl (C=O) groups is 1. The second-order valence-electron chi connectivity index (χ2n) is 4.07. The number of nitrogens with two attached hydrogens (primary N) is 1. The van der Waals surface area contributed by atoms with Gasteiger partial charge in [-0.2, -0.15) is 0 Å². The first-order chi connectivity index (χ1) is 8.56. The molecule has 0 spiro atoms. The van der Waals surface area contributed by atoms with Crippen LogP contribution in [-0.4, -0.2) is 36.8 Å². The Morgan fingerprint density at radius 1 is 1.61 bits per heavy atom. The molecule has 0 radical (unpaired) electrons. The molecule has 5 nitrogen and oxygen atoms in total. The lowest BCUT2D eigenvalue weighted by Crippen LogP contribution is -2.47. The third kappa shape index (κ3) is 3.05. The van der Waals surface area contributed by atoms with Crippen molar-refractivity contribution in [2.75, 3.05) is 25.4 Å². The maximum Gasteiger partial charge on any atom is 0.219 e. The van der Waals surface area contributed by atoms with E-state index in [1.54, 1.807) is 23.1 Å². The molecule has 98 valence electrons. The van der Waals surface area contributed by atoms with Crippen LogP contribution in [0.3, 0.4) is 0 Å². The monoisotopic (exact) mass is 270 g/mol. The number of benzene rings is 1. The number of nitrogens with zero attached hydrogens (tertiary/aromatic N) is 1. The van der Waals surface area contributed by atoms with Crippen molar-refractivity contribution in [3.63, 3.8) is 0 Å². The first kappa shape index (κ1) is 13.0. The Balaban J connectivity index is 2.02. The summed E-state index contributed by atoms with van der Waals surface area (Å²) in [6, 6.07) is 5.00. The maximum absolute atomic E-state index is 11.3. The van der Waals surface area contributed by atoms with Gasteiger partial charge in [-0.3, -0.25) is 4.79 Å². The zero-order valence-corrected chi connectivity index (χ0v) is 10.8. The first-order valence-electron chi connectivity index (χ1n) is 5.65. The molecule has 0 aromatic heterocycles. The number of ether oxygens (including phenoxy) is 2. The number of halogens is 1. The normalized spacial score (nSPS) is 19.7. The van der Waals surface area contributed by atoms with Crippen molar-refractivity contribution in [1.29, 1.82) is 0 Å². The summed E-state index contributed by atoms with van der Waals surface area (Å²) in [6.45, 7) is 2.97. The standard InChI is InChI=1S/C12H15ClN2O3/c1-8(16)15-4-5-17-12(7-15)18-11-3-2-9(13)6-10(11)14/h2-3,6,12H,4-5,7,14H2,1H3. The number of carbonyl (C=O) groups excluding carboxylic acids is 1. The molecule has 1 aromatic carbocycles. The van der Waals surface area contributed by atoms with Gasteiger partial charge in [-0.25, -0.2) is 0 Å². The molecule has 1 aromatic rings. The quantitative estimate of drug-likeness (QED) is 0.828. The molecule has 2 rings (SSSR count). The summed E-state index contributed by atoms with van der Waals surface area (Å²) < 4.78 is 11.1. The fourth-order valence-electron chi connectivity index (χ4n) is 1.74. The number of hydrogen-bond donors (Lipinski definition) is 1. The van der Waals surface area contributed by atoms with E-state index in [4.69, 9.17) is 26.8 Å². The van der Waals surface area contributed by atoms with Crippen molar-refractivity contribution in [3.8, 4) is 5.75 Å². The van der Waals surface area contributed by atoms with Crippen LogP contribution in [0.5, 0.6) is 5.75 Å². The fourth-order valence-corrected chi connectivity index (χ4v) is 1.92. The van der Waals surface area contributed by atoms with Gasteiger partial charge >= 0.3 is 0 Å². The van der Waals surface area contributed by atoms with Crippen molar-refractivity contribution in [2.24, 2.45) is 0 Å². The zero-order chi connectivity index (χ0) is 13.1. The molecule has 2 N–H and O–H groups in total. The zero-order valence-electron chi connectivity index (χ0n) is 10.1. The second-order valence-corrected chi connectivity index (χ2v) is 4.50. The molecule has 0 saturated carbocycles. The highest BCUT2D eigenvalue weighted by Gasteiger charge is 2.23. The molecule has 1 saturated heterocycles. The Morgan fingerprint density at radius 2 is 2.39 bits per heavy atom. The van der Waals surface area contributed by atoms with Gasteiger partial charge in [0.1, 0.15) is 5.75 Å². The van der Waals surface area contributed by atoms with E-state index in [1.165, 1.54) is 6.92 Å². The smallest absolute Gasteiger partial charge is 0.219 e. The van der Waals surface area contributed by atoms with E-state index in [-0.39, 0.29) is 5.91 Å². The predicted octanol–water partition coefficient (Wildman–Crippen LogP) is 1.51. The third-order valence-electron chi connectivity index (χ3n) is 2.71. The van der Waals surface area contributed by atoms with E-state index < -0.39 is 6.29 Å². The van der Waals surface area contributed by atoms with Gasteiger partial charge in [-0.05, 0) is 18.2 Å². The lowest BCUT2D eigenvalue weighted by atomic mass is 10.3. The third-order valence-corrected chi connectivity index (χ3v) is 2.95. The number of anilines is 1. The minimum absolute atomic E-state index is 0.0102. The van der Waals surface area contributed by atoms with E-state index >= 15 is 0 Å². The largest absolute Gasteiger partial charge is 0.461 e. The van der Waals surface area contributed by atoms with Gasteiger partial charge in [0.15, 0.2) is 0 Å². The van der Waals surface area contributed by atoms with Crippen LogP contribution in [0.4, 0.5) is 5.69 Å². The number of morpholine rings is 1. The molecule has 1 unspecified atom stereocenters. The van der Waals surface area contributed by atoms with Crippen LogP contribution in [0, 0.1) is 0 Å². The van der Waals surface area contributed by atoms with Crippen LogP contribution >= 0.6 is 11.6 Å². The van der Waals surface area contributed by atoms with Crippen LogP contribution < -0.4 is 10.5 Å². The molecule has 0 bridgehead atoms. The molecule has 18 heavy (non-hydrogen) atoms. The van der Waals surface area contributed by atoms with Gasteiger partial charge in [-0.15, -0.1) is 0 Å². The van der Waals surface area contributed by atoms with Crippen molar-refractivity contribution in [2.45, 2.75) is 13.2 Å². The Bertz CT molecular complexity index is 453. The lowest BCUT2D eigenvalue weighted by Gasteiger charge is -2.32.